The van der Waals surface area contributed by atoms with Crippen LogP contribution in [0.15, 0.2) is 35.1 Å². The van der Waals surface area contributed by atoms with E-state index in [0.29, 0.717) is 5.92 Å². The minimum Gasteiger partial charge on any atom is -0.358 e. The summed E-state index contributed by atoms with van der Waals surface area (Å²) >= 11 is 0. The minimum atomic E-state index is 0.00819. The predicted molar refractivity (Wildman–Crippen MR) is 83.4 cm³/mol. The van der Waals surface area contributed by atoms with Gasteiger partial charge < -0.3 is 15.2 Å². The van der Waals surface area contributed by atoms with E-state index in [4.69, 9.17) is 0 Å². The SMILES string of the molecule is CNCC1CCCN(c2cc3ccccc3c(=O)[nH]2)C1. The fourth-order valence-corrected chi connectivity index (χ4v) is 3.11. The molecule has 0 bridgehead atoms. The van der Waals surface area contributed by atoms with E-state index in [2.05, 4.69) is 21.3 Å². The maximum atomic E-state index is 12.2. The molecule has 0 radical (unpaired) electrons. The molecule has 1 saturated heterocycles. The molecule has 20 heavy (non-hydrogen) atoms. The molecule has 0 saturated carbocycles. The van der Waals surface area contributed by atoms with Gasteiger partial charge in [0, 0.05) is 18.5 Å². The van der Waals surface area contributed by atoms with Crippen molar-refractivity contribution < 1.29 is 0 Å². The molecule has 1 atom stereocenters. The summed E-state index contributed by atoms with van der Waals surface area (Å²) in [5, 5.41) is 5.03. The highest BCUT2D eigenvalue weighted by molar-refractivity contribution is 5.83. The van der Waals surface area contributed by atoms with E-state index in [1.807, 2.05) is 31.3 Å². The second-order valence-corrected chi connectivity index (χ2v) is 5.58. The first-order valence-corrected chi connectivity index (χ1v) is 7.29. The van der Waals surface area contributed by atoms with Crippen LogP contribution in [0.4, 0.5) is 5.82 Å². The molecule has 0 aliphatic carbocycles. The molecule has 2 aromatic rings. The van der Waals surface area contributed by atoms with Crippen LogP contribution in [0.25, 0.3) is 10.8 Å². The van der Waals surface area contributed by atoms with E-state index in [0.717, 1.165) is 36.2 Å². The smallest absolute Gasteiger partial charge is 0.257 e. The van der Waals surface area contributed by atoms with Crippen molar-refractivity contribution in [3.8, 4) is 0 Å². The highest BCUT2D eigenvalue weighted by atomic mass is 16.1. The monoisotopic (exact) mass is 271 g/mol. The molecule has 1 aromatic heterocycles. The Morgan fingerprint density at radius 1 is 1.40 bits per heavy atom. The number of H-pyrrole nitrogens is 1. The third kappa shape index (κ3) is 2.56. The number of hydrogen-bond donors (Lipinski definition) is 2. The van der Waals surface area contributed by atoms with E-state index < -0.39 is 0 Å². The van der Waals surface area contributed by atoms with Crippen LogP contribution in [0.1, 0.15) is 12.8 Å². The number of pyridine rings is 1. The third-order valence-corrected chi connectivity index (χ3v) is 4.09. The molecule has 1 aliphatic rings. The van der Waals surface area contributed by atoms with Gasteiger partial charge in [0.05, 0.1) is 0 Å². The summed E-state index contributed by atoms with van der Waals surface area (Å²) in [6.07, 6.45) is 2.44. The second kappa shape index (κ2) is 5.67. The van der Waals surface area contributed by atoms with Crippen LogP contribution in [-0.2, 0) is 0 Å². The molecule has 3 rings (SSSR count). The number of fused-ring (bicyclic) bond motifs is 1. The number of piperidine rings is 1. The molecule has 1 aromatic carbocycles. The van der Waals surface area contributed by atoms with Gasteiger partial charge in [-0.1, -0.05) is 18.2 Å². The summed E-state index contributed by atoms with van der Waals surface area (Å²) in [5.41, 5.74) is 0.00819. The first kappa shape index (κ1) is 13.2. The van der Waals surface area contributed by atoms with Crippen molar-refractivity contribution in [3.05, 3.63) is 40.7 Å². The standard InChI is InChI=1S/C16H21N3O/c1-17-10-12-5-4-8-19(11-12)15-9-13-6-2-3-7-14(13)16(20)18-15/h2-3,6-7,9,12,17H,4-5,8,10-11H2,1H3,(H,18,20). The molecule has 4 heteroatoms. The summed E-state index contributed by atoms with van der Waals surface area (Å²) in [6, 6.07) is 9.85. The number of nitrogens with one attached hydrogen (secondary N) is 2. The Hall–Kier alpha value is -1.81. The lowest BCUT2D eigenvalue weighted by molar-refractivity contribution is 0.401. The van der Waals surface area contributed by atoms with Gasteiger partial charge in [-0.25, -0.2) is 0 Å². The largest absolute Gasteiger partial charge is 0.358 e. The summed E-state index contributed by atoms with van der Waals surface area (Å²) in [6.45, 7) is 3.07. The molecular formula is C16H21N3O. The molecule has 4 nitrogen and oxygen atoms in total. The summed E-state index contributed by atoms with van der Waals surface area (Å²) in [7, 11) is 2.00. The maximum Gasteiger partial charge on any atom is 0.257 e. The molecule has 2 N–H and O–H groups in total. The first-order valence-electron chi connectivity index (χ1n) is 7.29. The van der Waals surface area contributed by atoms with E-state index in [1.54, 1.807) is 0 Å². The number of benzene rings is 1. The predicted octanol–water partition coefficient (Wildman–Crippen LogP) is 1.96. The molecule has 0 spiro atoms. The summed E-state index contributed by atoms with van der Waals surface area (Å²) < 4.78 is 0. The molecule has 0 amide bonds. The number of anilines is 1. The van der Waals surface area contributed by atoms with E-state index >= 15 is 0 Å². The zero-order valence-electron chi connectivity index (χ0n) is 11.9. The van der Waals surface area contributed by atoms with Gasteiger partial charge in [0.25, 0.3) is 5.56 Å². The van der Waals surface area contributed by atoms with Crippen LogP contribution in [-0.4, -0.2) is 31.7 Å². The van der Waals surface area contributed by atoms with Crippen molar-refractivity contribution in [1.29, 1.82) is 0 Å². The highest BCUT2D eigenvalue weighted by Gasteiger charge is 2.20. The lowest BCUT2D eigenvalue weighted by Gasteiger charge is -2.34. The van der Waals surface area contributed by atoms with Crippen LogP contribution >= 0.6 is 0 Å². The van der Waals surface area contributed by atoms with Gasteiger partial charge in [-0.2, -0.15) is 0 Å². The Morgan fingerprint density at radius 3 is 3.10 bits per heavy atom. The topological polar surface area (TPSA) is 48.1 Å². The quantitative estimate of drug-likeness (QED) is 0.897. The van der Waals surface area contributed by atoms with Crippen molar-refractivity contribution in [3.63, 3.8) is 0 Å². The second-order valence-electron chi connectivity index (χ2n) is 5.58. The van der Waals surface area contributed by atoms with Crippen molar-refractivity contribution >= 4 is 16.6 Å². The first-order chi connectivity index (χ1) is 9.78. The lowest BCUT2D eigenvalue weighted by Crippen LogP contribution is -2.40. The number of rotatable bonds is 3. The maximum absolute atomic E-state index is 12.2. The van der Waals surface area contributed by atoms with Crippen LogP contribution in [0.5, 0.6) is 0 Å². The molecule has 2 heterocycles. The van der Waals surface area contributed by atoms with Gasteiger partial charge in [-0.05, 0) is 49.9 Å². The zero-order valence-corrected chi connectivity index (χ0v) is 11.9. The molecular weight excluding hydrogens is 250 g/mol. The van der Waals surface area contributed by atoms with Gasteiger partial charge in [0.1, 0.15) is 5.82 Å². The van der Waals surface area contributed by atoms with Crippen LogP contribution in [0, 0.1) is 5.92 Å². The van der Waals surface area contributed by atoms with Gasteiger partial charge in [-0.15, -0.1) is 0 Å². The molecule has 1 unspecified atom stereocenters. The average molecular weight is 271 g/mol. The highest BCUT2D eigenvalue weighted by Crippen LogP contribution is 2.22. The van der Waals surface area contributed by atoms with Crippen molar-refractivity contribution in [1.82, 2.24) is 10.3 Å². The van der Waals surface area contributed by atoms with E-state index in [9.17, 15) is 4.79 Å². The van der Waals surface area contributed by atoms with Crippen molar-refractivity contribution in [2.75, 3.05) is 31.6 Å². The van der Waals surface area contributed by atoms with Crippen molar-refractivity contribution in [2.24, 2.45) is 5.92 Å². The Balaban J connectivity index is 1.92. The average Bonchev–Trinajstić information content (AvgIpc) is 2.48. The Bertz CT molecular complexity index is 647. The molecule has 1 fully saturated rings. The Morgan fingerprint density at radius 2 is 2.25 bits per heavy atom. The fraction of sp³-hybridized carbons (Fsp3) is 0.438. The third-order valence-electron chi connectivity index (χ3n) is 4.09. The number of aromatic amines is 1. The summed E-state index contributed by atoms with van der Waals surface area (Å²) in [4.78, 5) is 17.5. The normalized spacial score (nSPS) is 19.4. The molecule has 1 aliphatic heterocycles. The fourth-order valence-electron chi connectivity index (χ4n) is 3.11. The number of hydrogen-bond acceptors (Lipinski definition) is 3. The summed E-state index contributed by atoms with van der Waals surface area (Å²) in [5.74, 6) is 1.61. The zero-order chi connectivity index (χ0) is 13.9. The molecule has 106 valence electrons. The van der Waals surface area contributed by atoms with Crippen molar-refractivity contribution in [2.45, 2.75) is 12.8 Å². The number of nitrogens with zero attached hydrogens (tertiary/aromatic N) is 1. The minimum absolute atomic E-state index is 0.00819. The van der Waals surface area contributed by atoms with Gasteiger partial charge in [-0.3, -0.25) is 4.79 Å². The Labute approximate surface area is 118 Å². The van der Waals surface area contributed by atoms with E-state index in [-0.39, 0.29) is 5.56 Å². The van der Waals surface area contributed by atoms with Gasteiger partial charge in [0.15, 0.2) is 0 Å². The van der Waals surface area contributed by atoms with Gasteiger partial charge >= 0.3 is 0 Å². The van der Waals surface area contributed by atoms with Crippen LogP contribution in [0.2, 0.25) is 0 Å². The van der Waals surface area contributed by atoms with E-state index in [1.165, 1.54) is 12.8 Å². The lowest BCUT2D eigenvalue weighted by atomic mass is 9.98. The Kier molecular flexibility index (Phi) is 3.74. The van der Waals surface area contributed by atoms with Crippen LogP contribution in [0.3, 0.4) is 0 Å². The number of aromatic nitrogens is 1. The van der Waals surface area contributed by atoms with Gasteiger partial charge in [0.2, 0.25) is 0 Å². The van der Waals surface area contributed by atoms with Crippen LogP contribution < -0.4 is 15.8 Å².